The molecule has 0 spiro atoms. The molecular weight excluding hydrogens is 459 g/mol. The molecule has 1 aromatic carbocycles. The van der Waals surface area contributed by atoms with E-state index in [0.717, 1.165) is 12.3 Å². The van der Waals surface area contributed by atoms with Gasteiger partial charge in [0, 0.05) is 5.69 Å². The summed E-state index contributed by atoms with van der Waals surface area (Å²) >= 11 is 0. The lowest BCUT2D eigenvalue weighted by Crippen LogP contribution is -2.61. The zero-order valence-electron chi connectivity index (χ0n) is 19.4. The van der Waals surface area contributed by atoms with E-state index in [1.54, 1.807) is 45.9 Å². The molecule has 0 aliphatic carbocycles. The Morgan fingerprint density at radius 3 is 2.62 bits per heavy atom. The van der Waals surface area contributed by atoms with Crippen molar-refractivity contribution >= 4 is 32.8 Å². The normalized spacial score (nSPS) is 26.9. The molecule has 3 atom stereocenters. The molecular formula is C24H27FN4O4S. The van der Waals surface area contributed by atoms with Crippen molar-refractivity contribution in [3.8, 4) is 0 Å². The van der Waals surface area contributed by atoms with Crippen molar-refractivity contribution in [3.63, 3.8) is 0 Å². The van der Waals surface area contributed by atoms with E-state index >= 15 is 0 Å². The van der Waals surface area contributed by atoms with Crippen molar-refractivity contribution in [3.05, 3.63) is 65.7 Å². The summed E-state index contributed by atoms with van der Waals surface area (Å²) in [6, 6.07) is 7.51. The van der Waals surface area contributed by atoms with Gasteiger partial charge in [0.25, 0.3) is 5.91 Å². The summed E-state index contributed by atoms with van der Waals surface area (Å²) in [5.41, 5.74) is 7.27. The Balaban J connectivity index is 1.87. The van der Waals surface area contributed by atoms with E-state index in [1.165, 1.54) is 6.07 Å². The van der Waals surface area contributed by atoms with E-state index < -0.39 is 43.2 Å². The van der Waals surface area contributed by atoms with Crippen LogP contribution < -0.4 is 11.1 Å². The van der Waals surface area contributed by atoms with Crippen LogP contribution >= 0.6 is 0 Å². The molecule has 3 N–H and O–H groups in total. The van der Waals surface area contributed by atoms with E-state index in [0.29, 0.717) is 22.4 Å². The maximum atomic E-state index is 13.7. The molecule has 0 saturated carbocycles. The SMILES string of the molecule is C=C(C)c1ccc(NC(=O)c2ccc(F)cn2)cc1C12COC(C)C1S(=O)(=O)C(C)(C)C(N)=N2. The molecule has 2 aromatic rings. The standard InChI is InChI=1S/C24H27FN4O4S/c1-13(2)17-8-7-16(28-21(30)19-9-6-15(25)11-27-19)10-18(17)24-12-33-14(3)20(24)34(31,32)23(4,5)22(26)29-24/h6-11,14,20H,1,12H2,2-5H3,(H2,26,29)(H,28,30). The number of fused-ring (bicyclic) bond motifs is 1. The number of rotatable bonds is 4. The Kier molecular flexibility index (Phi) is 5.64. The Morgan fingerprint density at radius 1 is 1.29 bits per heavy atom. The minimum Gasteiger partial charge on any atom is -0.386 e. The minimum atomic E-state index is -3.81. The predicted molar refractivity (Wildman–Crippen MR) is 129 cm³/mol. The molecule has 3 unspecified atom stereocenters. The summed E-state index contributed by atoms with van der Waals surface area (Å²) in [7, 11) is -3.81. The largest absolute Gasteiger partial charge is 0.386 e. The fraction of sp³-hybridized carbons (Fsp3) is 0.375. The zero-order chi connectivity index (χ0) is 25.1. The van der Waals surface area contributed by atoms with Crippen LogP contribution in [0.25, 0.3) is 5.57 Å². The molecule has 34 heavy (non-hydrogen) atoms. The van der Waals surface area contributed by atoms with Gasteiger partial charge in [-0.1, -0.05) is 18.2 Å². The number of nitrogens with two attached hydrogens (primary N) is 1. The molecule has 3 heterocycles. The number of hydrogen-bond donors (Lipinski definition) is 2. The first-order chi connectivity index (χ1) is 15.8. The van der Waals surface area contributed by atoms with Crippen LogP contribution in [-0.2, 0) is 20.1 Å². The molecule has 1 saturated heterocycles. The van der Waals surface area contributed by atoms with Gasteiger partial charge in [0.1, 0.15) is 32.9 Å². The van der Waals surface area contributed by atoms with Crippen LogP contribution in [0.5, 0.6) is 0 Å². The molecule has 180 valence electrons. The second-order valence-electron chi connectivity index (χ2n) is 9.27. The first kappa shape index (κ1) is 24.0. The maximum Gasteiger partial charge on any atom is 0.274 e. The van der Waals surface area contributed by atoms with E-state index in [4.69, 9.17) is 15.5 Å². The average molecular weight is 487 g/mol. The third kappa shape index (κ3) is 3.52. The number of aromatic nitrogens is 1. The second-order valence-corrected chi connectivity index (χ2v) is 11.9. The number of aliphatic imine (C=N–C) groups is 1. The van der Waals surface area contributed by atoms with Gasteiger partial charge in [-0.25, -0.2) is 17.8 Å². The van der Waals surface area contributed by atoms with Crippen LogP contribution in [0.4, 0.5) is 10.1 Å². The van der Waals surface area contributed by atoms with Crippen LogP contribution in [0.1, 0.15) is 49.3 Å². The van der Waals surface area contributed by atoms with Gasteiger partial charge < -0.3 is 15.8 Å². The van der Waals surface area contributed by atoms with Gasteiger partial charge in [-0.15, -0.1) is 0 Å². The fourth-order valence-corrected chi connectivity index (χ4v) is 6.90. The number of allylic oxidation sites excluding steroid dienone is 1. The number of carbonyl (C=O) groups is 1. The Labute approximate surface area is 198 Å². The number of nitrogens with one attached hydrogen (secondary N) is 1. The smallest absolute Gasteiger partial charge is 0.274 e. The van der Waals surface area contributed by atoms with Crippen LogP contribution in [0, 0.1) is 5.82 Å². The number of amidine groups is 1. The summed E-state index contributed by atoms with van der Waals surface area (Å²) in [5, 5.41) is 1.75. The molecule has 1 fully saturated rings. The van der Waals surface area contributed by atoms with Crippen molar-refractivity contribution in [1.82, 2.24) is 4.98 Å². The lowest BCUT2D eigenvalue weighted by atomic mass is 9.82. The van der Waals surface area contributed by atoms with E-state index in [9.17, 15) is 17.6 Å². The topological polar surface area (TPSA) is 124 Å². The molecule has 2 aliphatic rings. The third-order valence-corrected chi connectivity index (χ3v) is 9.68. The Morgan fingerprint density at radius 2 is 2.00 bits per heavy atom. The number of benzene rings is 1. The summed E-state index contributed by atoms with van der Waals surface area (Å²) < 4.78 is 45.1. The highest BCUT2D eigenvalue weighted by atomic mass is 32.2. The molecule has 0 bridgehead atoms. The predicted octanol–water partition coefficient (Wildman–Crippen LogP) is 3.05. The Hall–Kier alpha value is -3.11. The fourth-order valence-electron chi connectivity index (χ4n) is 4.58. The van der Waals surface area contributed by atoms with Gasteiger partial charge in [-0.05, 0) is 63.1 Å². The van der Waals surface area contributed by atoms with Crippen molar-refractivity contribution < 1.29 is 22.3 Å². The summed E-state index contributed by atoms with van der Waals surface area (Å²) in [6.45, 7) is 10.6. The molecule has 2 aliphatic heterocycles. The summed E-state index contributed by atoms with van der Waals surface area (Å²) in [4.78, 5) is 21.2. The van der Waals surface area contributed by atoms with Gasteiger partial charge >= 0.3 is 0 Å². The van der Waals surface area contributed by atoms with Gasteiger partial charge in [0.05, 0.1) is 18.9 Å². The highest BCUT2D eigenvalue weighted by Gasteiger charge is 2.64. The average Bonchev–Trinajstić information content (AvgIpc) is 3.10. The molecule has 1 amide bonds. The minimum absolute atomic E-state index is 0.000865. The Bertz CT molecular complexity index is 1320. The number of anilines is 1. The zero-order valence-corrected chi connectivity index (χ0v) is 20.2. The number of pyridine rings is 1. The highest BCUT2D eigenvalue weighted by molar-refractivity contribution is 7.94. The molecule has 4 rings (SSSR count). The molecule has 10 heteroatoms. The lowest BCUT2D eigenvalue weighted by molar-refractivity contribution is 0.102. The maximum absolute atomic E-state index is 13.7. The number of nitrogens with zero attached hydrogens (tertiary/aromatic N) is 2. The van der Waals surface area contributed by atoms with E-state index in [1.807, 2.05) is 0 Å². The highest BCUT2D eigenvalue weighted by Crippen LogP contribution is 2.50. The van der Waals surface area contributed by atoms with Gasteiger partial charge in [-0.3, -0.25) is 9.79 Å². The number of carbonyl (C=O) groups excluding carboxylic acids is 1. The number of hydrogen-bond acceptors (Lipinski definition) is 7. The van der Waals surface area contributed by atoms with Gasteiger partial charge in [-0.2, -0.15) is 0 Å². The monoisotopic (exact) mass is 486 g/mol. The first-order valence-corrected chi connectivity index (χ1v) is 12.3. The van der Waals surface area contributed by atoms with Crippen molar-refractivity contribution in [2.24, 2.45) is 10.7 Å². The number of amides is 1. The van der Waals surface area contributed by atoms with Crippen LogP contribution in [0.3, 0.4) is 0 Å². The second kappa shape index (κ2) is 7.99. The van der Waals surface area contributed by atoms with Gasteiger partial charge in [0.2, 0.25) is 0 Å². The summed E-state index contributed by atoms with van der Waals surface area (Å²) in [5.74, 6) is -1.10. The van der Waals surface area contributed by atoms with Gasteiger partial charge in [0.15, 0.2) is 9.84 Å². The number of sulfone groups is 1. The van der Waals surface area contributed by atoms with Crippen molar-refractivity contribution in [2.75, 3.05) is 11.9 Å². The van der Waals surface area contributed by atoms with Crippen LogP contribution in [0.2, 0.25) is 0 Å². The number of ether oxygens (including phenoxy) is 1. The van der Waals surface area contributed by atoms with Crippen LogP contribution in [-0.4, -0.2) is 47.9 Å². The lowest BCUT2D eigenvalue weighted by Gasteiger charge is -2.43. The molecule has 8 nitrogen and oxygen atoms in total. The quantitative estimate of drug-likeness (QED) is 0.685. The molecule has 0 radical (unpaired) electrons. The molecule has 1 aromatic heterocycles. The van der Waals surface area contributed by atoms with Crippen molar-refractivity contribution in [1.29, 1.82) is 0 Å². The van der Waals surface area contributed by atoms with E-state index in [2.05, 4.69) is 16.9 Å². The van der Waals surface area contributed by atoms with Crippen LogP contribution in [0.15, 0.2) is 48.1 Å². The third-order valence-electron chi connectivity index (χ3n) is 6.61. The first-order valence-electron chi connectivity index (χ1n) is 10.8. The van der Waals surface area contributed by atoms with Crippen molar-refractivity contribution in [2.45, 2.75) is 49.3 Å². The summed E-state index contributed by atoms with van der Waals surface area (Å²) in [6.07, 6.45) is 0.332. The number of halogens is 1. The van der Waals surface area contributed by atoms with E-state index in [-0.39, 0.29) is 18.1 Å².